The van der Waals surface area contributed by atoms with Crippen LogP contribution in [0.5, 0.6) is 0 Å². The van der Waals surface area contributed by atoms with Gasteiger partial charge in [0.05, 0.1) is 19.3 Å². The molecule has 1 atom stereocenters. The van der Waals surface area contributed by atoms with Crippen molar-refractivity contribution in [1.29, 1.82) is 0 Å². The minimum Gasteiger partial charge on any atom is -0.379 e. The number of morpholine rings is 1. The number of nitrogens with one attached hydrogen (secondary N) is 2. The fourth-order valence-corrected chi connectivity index (χ4v) is 2.91. The van der Waals surface area contributed by atoms with Crippen molar-refractivity contribution in [2.45, 2.75) is 13.0 Å². The second-order valence-electron chi connectivity index (χ2n) is 6.26. The third-order valence-electron chi connectivity index (χ3n) is 4.39. The van der Waals surface area contributed by atoms with Crippen LogP contribution < -0.4 is 10.9 Å². The van der Waals surface area contributed by atoms with Crippen LogP contribution in [0.15, 0.2) is 47.4 Å². The van der Waals surface area contributed by atoms with E-state index in [0.29, 0.717) is 19.8 Å². The molecule has 1 aliphatic heterocycles. The van der Waals surface area contributed by atoms with Crippen molar-refractivity contribution in [2.75, 3.05) is 32.8 Å². The van der Waals surface area contributed by atoms with Gasteiger partial charge in [0.1, 0.15) is 5.56 Å². The lowest BCUT2D eigenvalue weighted by atomic mass is 10.0. The Morgan fingerprint density at radius 2 is 1.96 bits per heavy atom. The predicted octanol–water partition coefficient (Wildman–Crippen LogP) is 1.49. The van der Waals surface area contributed by atoms with Crippen LogP contribution >= 0.6 is 0 Å². The van der Waals surface area contributed by atoms with Gasteiger partial charge in [-0.2, -0.15) is 0 Å². The van der Waals surface area contributed by atoms with Crippen molar-refractivity contribution in [2.24, 2.45) is 0 Å². The number of rotatable bonds is 5. The van der Waals surface area contributed by atoms with Gasteiger partial charge >= 0.3 is 0 Å². The topological polar surface area (TPSA) is 74.4 Å². The quantitative estimate of drug-likeness (QED) is 0.864. The first-order valence-corrected chi connectivity index (χ1v) is 8.49. The van der Waals surface area contributed by atoms with Gasteiger partial charge in [0.25, 0.3) is 11.5 Å². The highest BCUT2D eigenvalue weighted by molar-refractivity contribution is 5.94. The average molecular weight is 341 g/mol. The summed E-state index contributed by atoms with van der Waals surface area (Å²) >= 11 is 0. The molecule has 1 aliphatic rings. The third kappa shape index (κ3) is 4.55. The van der Waals surface area contributed by atoms with Gasteiger partial charge in [-0.05, 0) is 24.6 Å². The predicted molar refractivity (Wildman–Crippen MR) is 95.7 cm³/mol. The fraction of sp³-hybridized carbons (Fsp3) is 0.368. The Bertz CT molecular complexity index is 764. The molecule has 1 aromatic heterocycles. The van der Waals surface area contributed by atoms with Crippen LogP contribution in [0.25, 0.3) is 0 Å². The van der Waals surface area contributed by atoms with Gasteiger partial charge in [0.15, 0.2) is 0 Å². The lowest BCUT2D eigenvalue weighted by molar-refractivity contribution is 0.0332. The summed E-state index contributed by atoms with van der Waals surface area (Å²) in [6.45, 7) is 5.79. The summed E-state index contributed by atoms with van der Waals surface area (Å²) in [6.07, 6.45) is 1.52. The molecule has 6 heteroatoms. The zero-order chi connectivity index (χ0) is 17.6. The highest BCUT2D eigenvalue weighted by Crippen LogP contribution is 2.17. The number of nitrogens with zero attached hydrogens (tertiary/aromatic N) is 1. The summed E-state index contributed by atoms with van der Waals surface area (Å²) in [7, 11) is 0. The second kappa shape index (κ2) is 8.09. The standard InChI is InChI=1S/C19H23N3O3/c1-14-4-6-15(7-5-14)17(13-22-9-11-25-12-10-22)21-19(24)16-3-2-8-20-18(16)23/h2-8,17H,9-13H2,1H3,(H,20,23)(H,21,24). The van der Waals surface area contributed by atoms with E-state index in [1.54, 1.807) is 6.07 Å². The van der Waals surface area contributed by atoms with Gasteiger partial charge in [-0.3, -0.25) is 14.5 Å². The number of aromatic nitrogens is 1. The zero-order valence-electron chi connectivity index (χ0n) is 14.3. The molecule has 2 aromatic rings. The van der Waals surface area contributed by atoms with E-state index in [4.69, 9.17) is 4.74 Å². The molecular weight excluding hydrogens is 318 g/mol. The molecule has 1 saturated heterocycles. The molecule has 132 valence electrons. The molecule has 0 aliphatic carbocycles. The maximum Gasteiger partial charge on any atom is 0.260 e. The van der Waals surface area contributed by atoms with Gasteiger partial charge in [-0.15, -0.1) is 0 Å². The monoisotopic (exact) mass is 341 g/mol. The molecule has 3 rings (SSSR count). The van der Waals surface area contributed by atoms with Crippen LogP contribution in [-0.4, -0.2) is 48.6 Å². The molecule has 1 fully saturated rings. The number of ether oxygens (including phenoxy) is 1. The number of aromatic amines is 1. The molecule has 6 nitrogen and oxygen atoms in total. The molecule has 2 heterocycles. The van der Waals surface area contributed by atoms with Crippen molar-refractivity contribution in [3.05, 3.63) is 69.6 Å². The number of amides is 1. The lowest BCUT2D eigenvalue weighted by Gasteiger charge is -2.31. The van der Waals surface area contributed by atoms with E-state index in [1.807, 2.05) is 31.2 Å². The average Bonchev–Trinajstić information content (AvgIpc) is 2.63. The highest BCUT2D eigenvalue weighted by Gasteiger charge is 2.21. The first-order chi connectivity index (χ1) is 12.1. The van der Waals surface area contributed by atoms with Crippen molar-refractivity contribution < 1.29 is 9.53 Å². The SMILES string of the molecule is Cc1ccc(C(CN2CCOCC2)NC(=O)c2ccc[nH]c2=O)cc1. The van der Waals surface area contributed by atoms with Crippen LogP contribution in [0.3, 0.4) is 0 Å². The van der Waals surface area contributed by atoms with Crippen LogP contribution in [0, 0.1) is 6.92 Å². The highest BCUT2D eigenvalue weighted by atomic mass is 16.5. The number of hydrogen-bond acceptors (Lipinski definition) is 4. The summed E-state index contributed by atoms with van der Waals surface area (Å²) in [5, 5.41) is 3.02. The number of hydrogen-bond donors (Lipinski definition) is 2. The van der Waals surface area contributed by atoms with E-state index in [9.17, 15) is 9.59 Å². The minimum absolute atomic E-state index is 0.126. The Kier molecular flexibility index (Phi) is 5.63. The van der Waals surface area contributed by atoms with Gasteiger partial charge in [-0.1, -0.05) is 29.8 Å². The number of carbonyl (C=O) groups is 1. The van der Waals surface area contributed by atoms with Crippen molar-refractivity contribution >= 4 is 5.91 Å². The van der Waals surface area contributed by atoms with Crippen LogP contribution in [-0.2, 0) is 4.74 Å². The number of pyridine rings is 1. The molecule has 1 aromatic carbocycles. The maximum absolute atomic E-state index is 12.6. The van der Waals surface area contributed by atoms with E-state index in [1.165, 1.54) is 17.8 Å². The van der Waals surface area contributed by atoms with Gasteiger partial charge < -0.3 is 15.0 Å². The fourth-order valence-electron chi connectivity index (χ4n) is 2.91. The Morgan fingerprint density at radius 3 is 2.64 bits per heavy atom. The summed E-state index contributed by atoms with van der Waals surface area (Å²) in [5.74, 6) is -0.360. The third-order valence-corrected chi connectivity index (χ3v) is 4.39. The molecule has 25 heavy (non-hydrogen) atoms. The molecule has 0 spiro atoms. The van der Waals surface area contributed by atoms with E-state index < -0.39 is 0 Å². The molecular formula is C19H23N3O3. The summed E-state index contributed by atoms with van der Waals surface area (Å²) in [5.41, 5.74) is 1.94. The molecule has 0 radical (unpaired) electrons. The Balaban J connectivity index is 1.80. The molecule has 1 unspecified atom stereocenters. The summed E-state index contributed by atoms with van der Waals surface area (Å²) in [6, 6.07) is 11.1. The van der Waals surface area contributed by atoms with Crippen LogP contribution in [0.2, 0.25) is 0 Å². The zero-order valence-corrected chi connectivity index (χ0v) is 14.3. The van der Waals surface area contributed by atoms with Crippen molar-refractivity contribution in [1.82, 2.24) is 15.2 Å². The molecule has 0 saturated carbocycles. The molecule has 1 amide bonds. The first-order valence-electron chi connectivity index (χ1n) is 8.49. The Morgan fingerprint density at radius 1 is 1.24 bits per heavy atom. The largest absolute Gasteiger partial charge is 0.379 e. The normalized spacial score (nSPS) is 16.4. The smallest absolute Gasteiger partial charge is 0.260 e. The van der Waals surface area contributed by atoms with E-state index in [2.05, 4.69) is 15.2 Å². The van der Waals surface area contributed by atoms with Gasteiger partial charge in [-0.25, -0.2) is 0 Å². The van der Waals surface area contributed by atoms with Crippen LogP contribution in [0.1, 0.15) is 27.5 Å². The van der Waals surface area contributed by atoms with Crippen molar-refractivity contribution in [3.63, 3.8) is 0 Å². The molecule has 0 bridgehead atoms. The maximum atomic E-state index is 12.6. The van der Waals surface area contributed by atoms with E-state index >= 15 is 0 Å². The van der Waals surface area contributed by atoms with Gasteiger partial charge in [0, 0.05) is 25.8 Å². The Labute approximate surface area is 146 Å². The number of benzene rings is 1. The summed E-state index contributed by atoms with van der Waals surface area (Å²) < 4.78 is 5.39. The number of carbonyl (C=O) groups excluding carboxylic acids is 1. The minimum atomic E-state index is -0.381. The number of H-pyrrole nitrogens is 1. The van der Waals surface area contributed by atoms with Crippen molar-refractivity contribution in [3.8, 4) is 0 Å². The number of aryl methyl sites for hydroxylation is 1. The van der Waals surface area contributed by atoms with E-state index in [0.717, 1.165) is 18.7 Å². The Hall–Kier alpha value is -2.44. The first kappa shape index (κ1) is 17.4. The van der Waals surface area contributed by atoms with Gasteiger partial charge in [0.2, 0.25) is 0 Å². The molecule has 2 N–H and O–H groups in total. The van der Waals surface area contributed by atoms with E-state index in [-0.39, 0.29) is 23.1 Å². The lowest BCUT2D eigenvalue weighted by Crippen LogP contribution is -2.43. The summed E-state index contributed by atoms with van der Waals surface area (Å²) in [4.78, 5) is 29.3. The second-order valence-corrected chi connectivity index (χ2v) is 6.26. The van der Waals surface area contributed by atoms with Crippen LogP contribution in [0.4, 0.5) is 0 Å².